The molecule has 1 unspecified atom stereocenters. The van der Waals surface area contributed by atoms with Crippen LogP contribution in [0.2, 0.25) is 0 Å². The average Bonchev–Trinajstić information content (AvgIpc) is 3.37. The van der Waals surface area contributed by atoms with Crippen LogP contribution >= 0.6 is 0 Å². The number of para-hydroxylation sites is 1. The number of nitrogens with one attached hydrogen (secondary N) is 2. The number of hydrogen-bond acceptors (Lipinski definition) is 5. The first-order valence-corrected chi connectivity index (χ1v) is 11.3. The smallest absolute Gasteiger partial charge is 0.191 e. The van der Waals surface area contributed by atoms with Crippen molar-refractivity contribution in [3.05, 3.63) is 53.6 Å². The van der Waals surface area contributed by atoms with Crippen molar-refractivity contribution < 1.29 is 14.2 Å². The van der Waals surface area contributed by atoms with E-state index in [1.165, 1.54) is 18.4 Å². The Morgan fingerprint density at radius 2 is 1.78 bits per heavy atom. The average molecular weight is 441 g/mol. The van der Waals surface area contributed by atoms with Crippen LogP contribution in [0.15, 0.2) is 47.5 Å². The summed E-state index contributed by atoms with van der Waals surface area (Å²) in [6, 6.07) is 14.5. The molecule has 1 heterocycles. The predicted molar refractivity (Wildman–Crippen MR) is 129 cm³/mol. The van der Waals surface area contributed by atoms with Gasteiger partial charge in [0.25, 0.3) is 0 Å². The van der Waals surface area contributed by atoms with Crippen molar-refractivity contribution in [1.29, 1.82) is 0 Å². The van der Waals surface area contributed by atoms with E-state index in [9.17, 15) is 0 Å². The van der Waals surface area contributed by atoms with E-state index in [1.807, 2.05) is 24.3 Å². The van der Waals surface area contributed by atoms with E-state index in [1.54, 1.807) is 21.3 Å². The van der Waals surface area contributed by atoms with Gasteiger partial charge in [-0.15, -0.1) is 0 Å². The third kappa shape index (κ3) is 6.07. The fraction of sp³-hybridized carbons (Fsp3) is 0.480. The molecule has 3 rings (SSSR count). The van der Waals surface area contributed by atoms with Gasteiger partial charge in [0.15, 0.2) is 17.5 Å². The molecular weight excluding hydrogens is 404 g/mol. The van der Waals surface area contributed by atoms with Crippen LogP contribution in [-0.2, 0) is 6.54 Å². The number of hydrogen-bond donors (Lipinski definition) is 2. The lowest BCUT2D eigenvalue weighted by Crippen LogP contribution is -2.42. The number of aliphatic imine (C=N–C) groups is 1. The second kappa shape index (κ2) is 12.2. The van der Waals surface area contributed by atoms with Gasteiger partial charge >= 0.3 is 0 Å². The quantitative estimate of drug-likeness (QED) is 0.435. The normalized spacial score (nSPS) is 15.3. The molecule has 1 fully saturated rings. The van der Waals surface area contributed by atoms with Crippen LogP contribution in [0.3, 0.4) is 0 Å². The summed E-state index contributed by atoms with van der Waals surface area (Å²) in [5.41, 5.74) is 2.23. The molecule has 0 spiro atoms. The Morgan fingerprint density at radius 1 is 1.00 bits per heavy atom. The van der Waals surface area contributed by atoms with Gasteiger partial charge in [0.05, 0.1) is 33.9 Å². The first kappa shape index (κ1) is 23.7. The Balaban J connectivity index is 1.76. The molecule has 174 valence electrons. The number of likely N-dealkylation sites (tertiary alicyclic amines) is 1. The maximum Gasteiger partial charge on any atom is 0.191 e. The van der Waals surface area contributed by atoms with Gasteiger partial charge in [0, 0.05) is 18.7 Å². The zero-order valence-electron chi connectivity index (χ0n) is 19.7. The molecule has 0 bridgehead atoms. The summed E-state index contributed by atoms with van der Waals surface area (Å²) in [5, 5.41) is 6.92. The minimum absolute atomic E-state index is 0.253. The molecule has 2 aromatic carbocycles. The van der Waals surface area contributed by atoms with Gasteiger partial charge in [-0.25, -0.2) is 4.99 Å². The molecule has 1 aliphatic rings. The first-order chi connectivity index (χ1) is 15.7. The molecule has 0 radical (unpaired) electrons. The van der Waals surface area contributed by atoms with Gasteiger partial charge < -0.3 is 24.8 Å². The molecule has 32 heavy (non-hydrogen) atoms. The molecule has 0 aliphatic carbocycles. The number of nitrogens with zero attached hydrogens (tertiary/aromatic N) is 2. The van der Waals surface area contributed by atoms with Crippen LogP contribution in [0.1, 0.15) is 36.9 Å². The largest absolute Gasteiger partial charge is 0.497 e. The molecule has 1 saturated heterocycles. The number of methoxy groups -OCH3 is 3. The lowest BCUT2D eigenvalue weighted by atomic mass is 10.1. The number of ether oxygens (including phenoxy) is 3. The van der Waals surface area contributed by atoms with E-state index in [0.29, 0.717) is 12.3 Å². The van der Waals surface area contributed by atoms with Gasteiger partial charge in [-0.2, -0.15) is 0 Å². The molecule has 1 atom stereocenters. The second-order valence-electron chi connectivity index (χ2n) is 7.76. The Labute approximate surface area is 191 Å². The molecular formula is C25H36N4O3. The van der Waals surface area contributed by atoms with Crippen LogP contribution < -0.4 is 24.8 Å². The number of rotatable bonds is 10. The van der Waals surface area contributed by atoms with Crippen molar-refractivity contribution >= 4 is 5.96 Å². The molecule has 0 saturated carbocycles. The number of benzene rings is 2. The minimum Gasteiger partial charge on any atom is -0.497 e. The van der Waals surface area contributed by atoms with Gasteiger partial charge in [0.1, 0.15) is 5.75 Å². The van der Waals surface area contributed by atoms with E-state index < -0.39 is 0 Å². The fourth-order valence-corrected chi connectivity index (χ4v) is 4.14. The van der Waals surface area contributed by atoms with Crippen molar-refractivity contribution in [1.82, 2.24) is 15.5 Å². The van der Waals surface area contributed by atoms with Crippen molar-refractivity contribution in [2.75, 3.05) is 47.5 Å². The van der Waals surface area contributed by atoms with Crippen LogP contribution in [0, 0.1) is 0 Å². The van der Waals surface area contributed by atoms with Gasteiger partial charge in [0.2, 0.25) is 0 Å². The highest BCUT2D eigenvalue weighted by Crippen LogP contribution is 2.31. The van der Waals surface area contributed by atoms with Crippen molar-refractivity contribution in [2.24, 2.45) is 4.99 Å². The van der Waals surface area contributed by atoms with E-state index in [0.717, 1.165) is 49.2 Å². The molecule has 0 aromatic heterocycles. The lowest BCUT2D eigenvalue weighted by molar-refractivity contribution is 0.245. The first-order valence-electron chi connectivity index (χ1n) is 11.3. The molecule has 7 heteroatoms. The van der Waals surface area contributed by atoms with E-state index >= 15 is 0 Å². The molecule has 2 aromatic rings. The summed E-state index contributed by atoms with van der Waals surface area (Å²) in [4.78, 5) is 7.35. The zero-order chi connectivity index (χ0) is 22.8. The minimum atomic E-state index is 0.253. The van der Waals surface area contributed by atoms with Crippen LogP contribution in [0.4, 0.5) is 0 Å². The SMILES string of the molecule is CCNC(=NCc1cccc(OC)c1OC)NCC(c1cccc(OC)c1)N1CCCC1. The standard InChI is InChI=1S/C25H36N4O3/c1-5-26-25(27-17-20-11-9-13-23(31-3)24(20)32-4)28-18-22(29-14-6-7-15-29)19-10-8-12-21(16-19)30-2/h8-13,16,22H,5-7,14-15,17-18H2,1-4H3,(H2,26,27,28). The van der Waals surface area contributed by atoms with Crippen LogP contribution in [0.25, 0.3) is 0 Å². The Morgan fingerprint density at radius 3 is 2.47 bits per heavy atom. The Bertz CT molecular complexity index is 881. The molecule has 1 aliphatic heterocycles. The third-order valence-electron chi connectivity index (χ3n) is 5.76. The highest BCUT2D eigenvalue weighted by Gasteiger charge is 2.24. The maximum absolute atomic E-state index is 5.55. The van der Waals surface area contributed by atoms with Crippen molar-refractivity contribution in [2.45, 2.75) is 32.4 Å². The highest BCUT2D eigenvalue weighted by molar-refractivity contribution is 5.79. The summed E-state index contributed by atoms with van der Waals surface area (Å²) in [6.45, 7) is 6.33. The van der Waals surface area contributed by atoms with Gasteiger partial charge in [-0.3, -0.25) is 4.90 Å². The van der Waals surface area contributed by atoms with Crippen molar-refractivity contribution in [3.63, 3.8) is 0 Å². The fourth-order valence-electron chi connectivity index (χ4n) is 4.14. The number of guanidine groups is 1. The predicted octanol–water partition coefficient (Wildman–Crippen LogP) is 3.60. The van der Waals surface area contributed by atoms with Crippen molar-refractivity contribution in [3.8, 4) is 17.2 Å². The Hall–Kier alpha value is -2.93. The monoisotopic (exact) mass is 440 g/mol. The molecule has 7 nitrogen and oxygen atoms in total. The van der Waals surface area contributed by atoms with Crippen LogP contribution in [0.5, 0.6) is 17.2 Å². The van der Waals surface area contributed by atoms with Gasteiger partial charge in [-0.05, 0) is 56.6 Å². The van der Waals surface area contributed by atoms with E-state index in [2.05, 4.69) is 40.7 Å². The zero-order valence-corrected chi connectivity index (χ0v) is 19.7. The summed E-state index contributed by atoms with van der Waals surface area (Å²) in [6.07, 6.45) is 2.48. The topological polar surface area (TPSA) is 67.4 Å². The molecule has 2 N–H and O–H groups in total. The third-order valence-corrected chi connectivity index (χ3v) is 5.76. The van der Waals surface area contributed by atoms with Crippen LogP contribution in [-0.4, -0.2) is 58.4 Å². The second-order valence-corrected chi connectivity index (χ2v) is 7.76. The summed E-state index contributed by atoms with van der Waals surface area (Å²) >= 11 is 0. The summed E-state index contributed by atoms with van der Waals surface area (Å²) in [5.74, 6) is 3.10. The lowest BCUT2D eigenvalue weighted by Gasteiger charge is -2.29. The van der Waals surface area contributed by atoms with Gasteiger partial charge in [-0.1, -0.05) is 24.3 Å². The molecule has 0 amide bonds. The summed E-state index contributed by atoms with van der Waals surface area (Å²) < 4.78 is 16.4. The Kier molecular flexibility index (Phi) is 9.04. The van der Waals surface area contributed by atoms with E-state index in [-0.39, 0.29) is 6.04 Å². The maximum atomic E-state index is 5.55. The highest BCUT2D eigenvalue weighted by atomic mass is 16.5. The van der Waals surface area contributed by atoms with E-state index in [4.69, 9.17) is 19.2 Å². The summed E-state index contributed by atoms with van der Waals surface area (Å²) in [7, 11) is 5.02.